The average Bonchev–Trinajstić information content (AvgIpc) is 2.45. The molecule has 20 heavy (non-hydrogen) atoms. The van der Waals surface area contributed by atoms with E-state index in [1.165, 1.54) is 18.2 Å². The number of carbonyl (C=O) groups is 1. The van der Waals surface area contributed by atoms with Crippen LogP contribution in [0.5, 0.6) is 0 Å². The van der Waals surface area contributed by atoms with Crippen molar-refractivity contribution in [3.05, 3.63) is 71.6 Å². The molecule has 2 aromatic rings. The number of hydrogen-bond acceptors (Lipinski definition) is 2. The molecule has 0 aliphatic heterocycles. The van der Waals surface area contributed by atoms with E-state index in [0.717, 1.165) is 16.5 Å². The molecule has 0 aliphatic carbocycles. The van der Waals surface area contributed by atoms with Gasteiger partial charge in [-0.25, -0.2) is 9.18 Å². The first kappa shape index (κ1) is 14.3. The van der Waals surface area contributed by atoms with Crippen LogP contribution < -0.4 is 0 Å². The first-order valence-electron chi connectivity index (χ1n) is 6.02. The summed E-state index contributed by atoms with van der Waals surface area (Å²) in [5.41, 5.74) is 1.49. The smallest absolute Gasteiger partial charge is 0.328 e. The highest BCUT2D eigenvalue weighted by atomic mass is 32.2. The molecule has 102 valence electrons. The molecule has 0 atom stereocenters. The molecule has 1 N–H and O–H groups in total. The van der Waals surface area contributed by atoms with Crippen LogP contribution in [0.1, 0.15) is 11.1 Å². The molecule has 0 aromatic heterocycles. The number of carboxylic acids is 1. The monoisotopic (exact) mass is 288 g/mol. The average molecular weight is 288 g/mol. The number of aliphatic carboxylic acids is 1. The topological polar surface area (TPSA) is 37.3 Å². The number of carboxylic acid groups (broad SMARTS) is 1. The summed E-state index contributed by atoms with van der Waals surface area (Å²) in [6, 6.07) is 14.3. The Kier molecular flexibility index (Phi) is 4.96. The zero-order chi connectivity index (χ0) is 14.4. The van der Waals surface area contributed by atoms with Gasteiger partial charge < -0.3 is 5.11 Å². The van der Waals surface area contributed by atoms with Gasteiger partial charge in [-0.05, 0) is 41.5 Å². The molecule has 2 rings (SSSR count). The lowest BCUT2D eigenvalue weighted by molar-refractivity contribution is -0.131. The van der Waals surface area contributed by atoms with E-state index < -0.39 is 5.97 Å². The van der Waals surface area contributed by atoms with Crippen molar-refractivity contribution in [2.24, 2.45) is 0 Å². The van der Waals surface area contributed by atoms with Crippen LogP contribution in [0, 0.1) is 5.82 Å². The Bertz CT molecular complexity index is 624. The van der Waals surface area contributed by atoms with Crippen molar-refractivity contribution in [1.82, 2.24) is 0 Å². The van der Waals surface area contributed by atoms with Gasteiger partial charge in [0.15, 0.2) is 0 Å². The van der Waals surface area contributed by atoms with E-state index in [2.05, 4.69) is 0 Å². The first-order chi connectivity index (χ1) is 9.65. The third kappa shape index (κ3) is 4.24. The highest BCUT2D eigenvalue weighted by Crippen LogP contribution is 2.25. The van der Waals surface area contributed by atoms with Crippen LogP contribution in [0.15, 0.2) is 59.5 Å². The Balaban J connectivity index is 2.16. The van der Waals surface area contributed by atoms with E-state index >= 15 is 0 Å². The summed E-state index contributed by atoms with van der Waals surface area (Å²) in [4.78, 5) is 11.7. The summed E-state index contributed by atoms with van der Waals surface area (Å²) in [5.74, 6) is -0.761. The van der Waals surface area contributed by atoms with E-state index in [4.69, 9.17) is 5.11 Å². The van der Waals surface area contributed by atoms with Crippen molar-refractivity contribution in [3.63, 3.8) is 0 Å². The zero-order valence-corrected chi connectivity index (χ0v) is 11.4. The van der Waals surface area contributed by atoms with Crippen molar-refractivity contribution >= 4 is 23.8 Å². The number of benzene rings is 2. The van der Waals surface area contributed by atoms with Gasteiger partial charge in [-0.1, -0.05) is 24.3 Å². The van der Waals surface area contributed by atoms with Crippen LogP contribution in [-0.2, 0) is 10.5 Å². The van der Waals surface area contributed by atoms with Crippen molar-refractivity contribution in [3.8, 4) is 0 Å². The highest BCUT2D eigenvalue weighted by Gasteiger charge is 2.03. The van der Waals surface area contributed by atoms with Crippen molar-refractivity contribution < 1.29 is 14.3 Å². The van der Waals surface area contributed by atoms with Crippen LogP contribution in [0.25, 0.3) is 6.08 Å². The van der Waals surface area contributed by atoms with Gasteiger partial charge in [0, 0.05) is 16.7 Å². The Hall–Kier alpha value is -2.07. The van der Waals surface area contributed by atoms with Crippen molar-refractivity contribution in [2.45, 2.75) is 10.6 Å². The van der Waals surface area contributed by atoms with Gasteiger partial charge in [0.2, 0.25) is 0 Å². The molecular formula is C16H13FO2S. The molecule has 0 saturated carbocycles. The molecule has 0 heterocycles. The number of halogens is 1. The summed E-state index contributed by atoms with van der Waals surface area (Å²) in [6.45, 7) is 0. The van der Waals surface area contributed by atoms with E-state index in [1.54, 1.807) is 17.8 Å². The maximum atomic E-state index is 13.2. The van der Waals surface area contributed by atoms with Gasteiger partial charge in [-0.2, -0.15) is 0 Å². The standard InChI is InChI=1S/C16H13FO2S/c17-14-8-6-13(12(10-14)7-9-16(18)19)11-20-15-4-2-1-3-5-15/h1-10H,11H2,(H,18,19). The van der Waals surface area contributed by atoms with Gasteiger partial charge in [0.25, 0.3) is 0 Å². The Morgan fingerprint density at radius 3 is 2.65 bits per heavy atom. The van der Waals surface area contributed by atoms with Crippen LogP contribution in [0.3, 0.4) is 0 Å². The second-order valence-corrected chi connectivity index (χ2v) is 5.17. The lowest BCUT2D eigenvalue weighted by Gasteiger charge is -2.06. The number of thioether (sulfide) groups is 1. The second-order valence-electron chi connectivity index (χ2n) is 4.12. The summed E-state index contributed by atoms with van der Waals surface area (Å²) in [5, 5.41) is 8.66. The minimum absolute atomic E-state index is 0.372. The van der Waals surface area contributed by atoms with Crippen LogP contribution in [0.4, 0.5) is 4.39 Å². The number of rotatable bonds is 5. The van der Waals surface area contributed by atoms with Gasteiger partial charge in [-0.3, -0.25) is 0 Å². The molecule has 0 radical (unpaired) electrons. The predicted molar refractivity (Wildman–Crippen MR) is 79.1 cm³/mol. The maximum absolute atomic E-state index is 13.2. The fourth-order valence-electron chi connectivity index (χ4n) is 1.69. The lowest BCUT2D eigenvalue weighted by Crippen LogP contribution is -1.91. The third-order valence-electron chi connectivity index (χ3n) is 2.65. The zero-order valence-electron chi connectivity index (χ0n) is 10.6. The van der Waals surface area contributed by atoms with Crippen LogP contribution in [0.2, 0.25) is 0 Å². The predicted octanol–water partition coefficient (Wildman–Crippen LogP) is 4.22. The third-order valence-corrected chi connectivity index (χ3v) is 3.71. The lowest BCUT2D eigenvalue weighted by atomic mass is 10.1. The Labute approximate surface area is 121 Å². The molecular weight excluding hydrogens is 275 g/mol. The van der Waals surface area contributed by atoms with E-state index in [-0.39, 0.29) is 5.82 Å². The molecule has 2 nitrogen and oxygen atoms in total. The van der Waals surface area contributed by atoms with Gasteiger partial charge in [0.1, 0.15) is 5.82 Å². The van der Waals surface area contributed by atoms with Crippen molar-refractivity contribution in [1.29, 1.82) is 0 Å². The van der Waals surface area contributed by atoms with E-state index in [0.29, 0.717) is 11.3 Å². The molecule has 0 unspecified atom stereocenters. The number of hydrogen-bond donors (Lipinski definition) is 1. The minimum Gasteiger partial charge on any atom is -0.478 e. The quantitative estimate of drug-likeness (QED) is 0.661. The molecule has 4 heteroatoms. The molecule has 0 aliphatic rings. The molecule has 0 amide bonds. The van der Waals surface area contributed by atoms with Gasteiger partial charge in [-0.15, -0.1) is 11.8 Å². The molecule has 0 saturated heterocycles. The first-order valence-corrected chi connectivity index (χ1v) is 7.01. The fraction of sp³-hybridized carbons (Fsp3) is 0.0625. The molecule has 2 aromatic carbocycles. The second kappa shape index (κ2) is 6.91. The highest BCUT2D eigenvalue weighted by molar-refractivity contribution is 7.98. The summed E-state index contributed by atoms with van der Waals surface area (Å²) < 4.78 is 13.2. The van der Waals surface area contributed by atoms with Gasteiger partial charge in [0.05, 0.1) is 0 Å². The largest absolute Gasteiger partial charge is 0.478 e. The molecule has 0 bridgehead atoms. The van der Waals surface area contributed by atoms with Gasteiger partial charge >= 0.3 is 5.97 Å². The summed E-state index contributed by atoms with van der Waals surface area (Å²) >= 11 is 1.62. The van der Waals surface area contributed by atoms with Crippen LogP contribution >= 0.6 is 11.8 Å². The normalized spacial score (nSPS) is 10.8. The summed E-state index contributed by atoms with van der Waals surface area (Å²) in [6.07, 6.45) is 2.44. The maximum Gasteiger partial charge on any atom is 0.328 e. The Morgan fingerprint density at radius 1 is 1.20 bits per heavy atom. The SMILES string of the molecule is O=C(O)C=Cc1cc(F)ccc1CSc1ccccc1. The Morgan fingerprint density at radius 2 is 1.95 bits per heavy atom. The summed E-state index contributed by atoms with van der Waals surface area (Å²) in [7, 11) is 0. The van der Waals surface area contributed by atoms with Crippen LogP contribution in [-0.4, -0.2) is 11.1 Å². The molecule has 0 fully saturated rings. The van der Waals surface area contributed by atoms with Crippen molar-refractivity contribution in [2.75, 3.05) is 0 Å². The minimum atomic E-state index is -1.05. The van der Waals surface area contributed by atoms with E-state index in [1.807, 2.05) is 30.3 Å². The van der Waals surface area contributed by atoms with E-state index in [9.17, 15) is 9.18 Å². The fourth-order valence-corrected chi connectivity index (χ4v) is 2.63. The molecule has 0 spiro atoms.